The lowest BCUT2D eigenvalue weighted by Gasteiger charge is -2.22. The molecule has 0 aliphatic carbocycles. The third-order valence-electron chi connectivity index (χ3n) is 3.21. The van der Waals surface area contributed by atoms with Gasteiger partial charge in [0.05, 0.1) is 19.0 Å². The summed E-state index contributed by atoms with van der Waals surface area (Å²) in [6, 6.07) is 2.00. The van der Waals surface area contributed by atoms with Gasteiger partial charge in [0, 0.05) is 18.7 Å². The largest absolute Gasteiger partial charge is 0.467 e. The average molecular weight is 253 g/mol. The minimum atomic E-state index is 0.269. The van der Waals surface area contributed by atoms with Crippen LogP contribution in [0.3, 0.4) is 0 Å². The Morgan fingerprint density at radius 1 is 1.44 bits per heavy atom. The van der Waals surface area contributed by atoms with E-state index in [1.807, 2.05) is 6.07 Å². The van der Waals surface area contributed by atoms with Gasteiger partial charge in [0.2, 0.25) is 0 Å². The summed E-state index contributed by atoms with van der Waals surface area (Å²) in [6.07, 6.45) is 5.54. The highest BCUT2D eigenvalue weighted by Crippen LogP contribution is 2.15. The molecule has 0 aromatic carbocycles. The summed E-state index contributed by atoms with van der Waals surface area (Å²) >= 11 is 0. The fourth-order valence-electron chi connectivity index (χ4n) is 2.13. The number of hydrogen-bond acceptors (Lipinski definition) is 4. The second-order valence-corrected chi connectivity index (χ2v) is 4.65. The maximum absolute atomic E-state index is 5.69. The highest BCUT2D eigenvalue weighted by Gasteiger charge is 2.14. The van der Waals surface area contributed by atoms with Crippen molar-refractivity contribution in [3.05, 3.63) is 23.7 Å². The van der Waals surface area contributed by atoms with E-state index in [2.05, 4.69) is 12.2 Å². The fourth-order valence-corrected chi connectivity index (χ4v) is 2.13. The molecule has 1 N–H and O–H groups in total. The van der Waals surface area contributed by atoms with E-state index < -0.39 is 0 Å². The molecule has 0 amide bonds. The third-order valence-corrected chi connectivity index (χ3v) is 3.21. The van der Waals surface area contributed by atoms with Gasteiger partial charge in [0.1, 0.15) is 12.4 Å². The van der Waals surface area contributed by atoms with Crippen LogP contribution in [-0.4, -0.2) is 25.9 Å². The molecule has 4 nitrogen and oxygen atoms in total. The van der Waals surface area contributed by atoms with Crippen molar-refractivity contribution in [2.45, 2.75) is 45.4 Å². The average Bonchev–Trinajstić information content (AvgIpc) is 2.85. The molecule has 1 fully saturated rings. The maximum atomic E-state index is 5.69. The van der Waals surface area contributed by atoms with Crippen LogP contribution in [0.2, 0.25) is 0 Å². The Labute approximate surface area is 109 Å². The molecule has 102 valence electrons. The van der Waals surface area contributed by atoms with Crippen molar-refractivity contribution in [3.8, 4) is 0 Å². The molecule has 1 aromatic heterocycles. The van der Waals surface area contributed by atoms with Crippen molar-refractivity contribution in [1.82, 2.24) is 5.32 Å². The van der Waals surface area contributed by atoms with Crippen molar-refractivity contribution >= 4 is 0 Å². The standard InChI is InChI=1S/C14H23NO3/c1-2-15-9-12-6-8-18-14(12)11-16-10-13-5-3-4-7-17-13/h6,8,13,15H,2-5,7,9-11H2,1H3. The SMILES string of the molecule is CCNCc1ccoc1COCC1CCCCO1. The van der Waals surface area contributed by atoms with E-state index in [1.165, 1.54) is 18.4 Å². The zero-order chi connectivity index (χ0) is 12.6. The van der Waals surface area contributed by atoms with Crippen LogP contribution in [0.4, 0.5) is 0 Å². The summed E-state index contributed by atoms with van der Waals surface area (Å²) in [6.45, 7) is 5.97. The smallest absolute Gasteiger partial charge is 0.133 e. The molecular weight excluding hydrogens is 230 g/mol. The summed E-state index contributed by atoms with van der Waals surface area (Å²) in [5, 5.41) is 3.29. The fraction of sp³-hybridized carbons (Fsp3) is 0.714. The molecule has 0 saturated carbocycles. The molecule has 2 heterocycles. The number of ether oxygens (including phenoxy) is 2. The van der Waals surface area contributed by atoms with Crippen LogP contribution in [0.25, 0.3) is 0 Å². The van der Waals surface area contributed by atoms with Crippen molar-refractivity contribution in [1.29, 1.82) is 0 Å². The molecule has 1 aromatic rings. The van der Waals surface area contributed by atoms with Gasteiger partial charge in [-0.05, 0) is 31.9 Å². The van der Waals surface area contributed by atoms with Gasteiger partial charge in [-0.3, -0.25) is 0 Å². The molecule has 1 atom stereocenters. The third kappa shape index (κ3) is 4.12. The van der Waals surface area contributed by atoms with Crippen LogP contribution in [0, 0.1) is 0 Å². The van der Waals surface area contributed by atoms with Crippen LogP contribution >= 0.6 is 0 Å². The second kappa shape index (κ2) is 7.56. The monoisotopic (exact) mass is 253 g/mol. The minimum absolute atomic E-state index is 0.269. The summed E-state index contributed by atoms with van der Waals surface area (Å²) in [4.78, 5) is 0. The van der Waals surface area contributed by atoms with Crippen molar-refractivity contribution in [2.75, 3.05) is 19.8 Å². The molecule has 1 aliphatic rings. The van der Waals surface area contributed by atoms with Gasteiger partial charge >= 0.3 is 0 Å². The van der Waals surface area contributed by atoms with E-state index in [0.717, 1.165) is 31.9 Å². The maximum Gasteiger partial charge on any atom is 0.133 e. The first-order chi connectivity index (χ1) is 8.90. The number of nitrogens with one attached hydrogen (secondary N) is 1. The minimum Gasteiger partial charge on any atom is -0.467 e. The molecular formula is C14H23NO3. The summed E-state index contributed by atoms with van der Waals surface area (Å²) < 4.78 is 16.8. The topological polar surface area (TPSA) is 43.6 Å². The lowest BCUT2D eigenvalue weighted by atomic mass is 10.1. The van der Waals surface area contributed by atoms with Crippen LogP contribution < -0.4 is 5.32 Å². The summed E-state index contributed by atoms with van der Waals surface area (Å²) in [5.74, 6) is 0.923. The molecule has 1 aliphatic heterocycles. The van der Waals surface area contributed by atoms with Gasteiger partial charge < -0.3 is 19.2 Å². The molecule has 1 saturated heterocycles. The van der Waals surface area contributed by atoms with Gasteiger partial charge in [0.25, 0.3) is 0 Å². The molecule has 0 radical (unpaired) electrons. The van der Waals surface area contributed by atoms with Crippen LogP contribution in [0.5, 0.6) is 0 Å². The van der Waals surface area contributed by atoms with Crippen molar-refractivity contribution < 1.29 is 13.9 Å². The first-order valence-corrected chi connectivity index (χ1v) is 6.85. The van der Waals surface area contributed by atoms with Gasteiger partial charge in [0.15, 0.2) is 0 Å². The summed E-state index contributed by atoms with van der Waals surface area (Å²) in [5.41, 5.74) is 1.18. The van der Waals surface area contributed by atoms with E-state index in [1.54, 1.807) is 6.26 Å². The number of rotatable bonds is 7. The van der Waals surface area contributed by atoms with Gasteiger partial charge in [-0.25, -0.2) is 0 Å². The normalized spacial score (nSPS) is 20.2. The Morgan fingerprint density at radius 2 is 2.39 bits per heavy atom. The van der Waals surface area contributed by atoms with Crippen LogP contribution in [-0.2, 0) is 22.6 Å². The predicted octanol–water partition coefficient (Wildman–Crippen LogP) is 2.47. The molecule has 1 unspecified atom stereocenters. The molecule has 4 heteroatoms. The molecule has 2 rings (SSSR count). The molecule has 18 heavy (non-hydrogen) atoms. The highest BCUT2D eigenvalue weighted by molar-refractivity contribution is 5.16. The highest BCUT2D eigenvalue weighted by atomic mass is 16.5. The van der Waals surface area contributed by atoms with E-state index >= 15 is 0 Å². The first kappa shape index (κ1) is 13.6. The van der Waals surface area contributed by atoms with Gasteiger partial charge in [-0.1, -0.05) is 6.92 Å². The molecule has 0 spiro atoms. The first-order valence-electron chi connectivity index (χ1n) is 6.85. The number of furan rings is 1. The Kier molecular flexibility index (Phi) is 5.71. The Hall–Kier alpha value is -0.840. The Balaban J connectivity index is 1.70. The quantitative estimate of drug-likeness (QED) is 0.810. The van der Waals surface area contributed by atoms with Gasteiger partial charge in [-0.2, -0.15) is 0 Å². The van der Waals surface area contributed by atoms with Crippen LogP contribution in [0.1, 0.15) is 37.5 Å². The summed E-state index contributed by atoms with van der Waals surface area (Å²) in [7, 11) is 0. The van der Waals surface area contributed by atoms with E-state index in [0.29, 0.717) is 13.2 Å². The Morgan fingerprint density at radius 3 is 3.17 bits per heavy atom. The number of hydrogen-bond donors (Lipinski definition) is 1. The lowest BCUT2D eigenvalue weighted by Crippen LogP contribution is -2.24. The predicted molar refractivity (Wildman–Crippen MR) is 69.3 cm³/mol. The lowest BCUT2D eigenvalue weighted by molar-refractivity contribution is -0.0473. The second-order valence-electron chi connectivity index (χ2n) is 4.65. The Bertz CT molecular complexity index is 332. The van der Waals surface area contributed by atoms with E-state index in [9.17, 15) is 0 Å². The zero-order valence-electron chi connectivity index (χ0n) is 11.1. The van der Waals surface area contributed by atoms with Crippen molar-refractivity contribution in [2.24, 2.45) is 0 Å². The van der Waals surface area contributed by atoms with Gasteiger partial charge in [-0.15, -0.1) is 0 Å². The van der Waals surface area contributed by atoms with E-state index in [4.69, 9.17) is 13.9 Å². The van der Waals surface area contributed by atoms with Crippen molar-refractivity contribution in [3.63, 3.8) is 0 Å². The zero-order valence-corrected chi connectivity index (χ0v) is 11.1. The van der Waals surface area contributed by atoms with E-state index in [-0.39, 0.29) is 6.10 Å². The molecule has 0 bridgehead atoms. The van der Waals surface area contributed by atoms with Crippen LogP contribution in [0.15, 0.2) is 16.7 Å².